The number of rotatable bonds is 1. The van der Waals surface area contributed by atoms with E-state index < -0.39 is 12.4 Å². The van der Waals surface area contributed by atoms with Crippen molar-refractivity contribution in [1.82, 2.24) is 0 Å². The van der Waals surface area contributed by atoms with E-state index in [1.807, 2.05) is 6.92 Å². The smallest absolute Gasteiger partial charge is 0.181 e. The standard InChI is InChI=1S/C7H14O3/c1-2-5-3-4-6(8)7(9)10-5/h5-9H,2-4H2,1H3/t5-,6-,7?/m1/s1. The third-order valence-electron chi connectivity index (χ3n) is 1.90. The van der Waals surface area contributed by atoms with Crippen LogP contribution in [-0.2, 0) is 4.74 Å². The Kier molecular flexibility index (Phi) is 2.65. The molecular weight excluding hydrogens is 132 g/mol. The molecule has 0 spiro atoms. The van der Waals surface area contributed by atoms with Crippen molar-refractivity contribution in [2.24, 2.45) is 0 Å². The molecule has 1 rings (SSSR count). The van der Waals surface area contributed by atoms with Crippen molar-refractivity contribution in [2.45, 2.75) is 44.7 Å². The molecule has 0 radical (unpaired) electrons. The molecule has 1 aliphatic rings. The molecule has 3 atom stereocenters. The zero-order chi connectivity index (χ0) is 7.56. The van der Waals surface area contributed by atoms with Crippen LogP contribution in [0.1, 0.15) is 26.2 Å². The van der Waals surface area contributed by atoms with Crippen molar-refractivity contribution in [2.75, 3.05) is 0 Å². The number of aliphatic hydroxyl groups excluding tert-OH is 2. The van der Waals surface area contributed by atoms with Crippen LogP contribution < -0.4 is 0 Å². The summed E-state index contributed by atoms with van der Waals surface area (Å²) >= 11 is 0. The molecule has 0 aromatic heterocycles. The lowest BCUT2D eigenvalue weighted by Crippen LogP contribution is -2.38. The predicted molar refractivity (Wildman–Crippen MR) is 36.4 cm³/mol. The second kappa shape index (κ2) is 3.32. The van der Waals surface area contributed by atoms with E-state index in [4.69, 9.17) is 14.9 Å². The number of hydrogen-bond acceptors (Lipinski definition) is 3. The molecule has 60 valence electrons. The fraction of sp³-hybridized carbons (Fsp3) is 1.00. The Morgan fingerprint density at radius 2 is 2.10 bits per heavy atom. The van der Waals surface area contributed by atoms with E-state index in [0.717, 1.165) is 12.8 Å². The van der Waals surface area contributed by atoms with Gasteiger partial charge in [0.25, 0.3) is 0 Å². The highest BCUT2D eigenvalue weighted by Gasteiger charge is 2.26. The van der Waals surface area contributed by atoms with Gasteiger partial charge in [-0.25, -0.2) is 0 Å². The zero-order valence-electron chi connectivity index (χ0n) is 6.16. The molecule has 3 heteroatoms. The number of hydrogen-bond donors (Lipinski definition) is 2. The zero-order valence-corrected chi connectivity index (χ0v) is 6.16. The molecule has 1 saturated heterocycles. The first kappa shape index (κ1) is 7.98. The Balaban J connectivity index is 2.33. The van der Waals surface area contributed by atoms with E-state index in [9.17, 15) is 0 Å². The Morgan fingerprint density at radius 1 is 1.40 bits per heavy atom. The van der Waals surface area contributed by atoms with Crippen molar-refractivity contribution < 1.29 is 14.9 Å². The summed E-state index contributed by atoms with van der Waals surface area (Å²) in [6.45, 7) is 2.01. The molecular formula is C7H14O3. The van der Waals surface area contributed by atoms with Crippen molar-refractivity contribution in [3.05, 3.63) is 0 Å². The second-order valence-electron chi connectivity index (χ2n) is 2.70. The summed E-state index contributed by atoms with van der Waals surface area (Å²) in [5.74, 6) is 0. The first-order chi connectivity index (χ1) is 4.74. The van der Waals surface area contributed by atoms with Crippen LogP contribution >= 0.6 is 0 Å². The monoisotopic (exact) mass is 146 g/mol. The summed E-state index contributed by atoms with van der Waals surface area (Å²) in [4.78, 5) is 0. The van der Waals surface area contributed by atoms with E-state index in [1.54, 1.807) is 0 Å². The van der Waals surface area contributed by atoms with Crippen LogP contribution in [0.5, 0.6) is 0 Å². The molecule has 1 aliphatic heterocycles. The lowest BCUT2D eigenvalue weighted by molar-refractivity contribution is -0.215. The maximum atomic E-state index is 9.02. The number of aliphatic hydroxyl groups is 2. The van der Waals surface area contributed by atoms with Crippen LogP contribution in [0.3, 0.4) is 0 Å². The molecule has 0 saturated carbocycles. The molecule has 0 aromatic rings. The Morgan fingerprint density at radius 3 is 2.60 bits per heavy atom. The minimum absolute atomic E-state index is 0.137. The molecule has 1 heterocycles. The molecule has 0 amide bonds. The van der Waals surface area contributed by atoms with Gasteiger partial charge in [0.05, 0.1) is 6.10 Å². The van der Waals surface area contributed by atoms with Crippen LogP contribution in [0.2, 0.25) is 0 Å². The summed E-state index contributed by atoms with van der Waals surface area (Å²) in [7, 11) is 0. The van der Waals surface area contributed by atoms with Crippen molar-refractivity contribution >= 4 is 0 Å². The highest BCUT2D eigenvalue weighted by Crippen LogP contribution is 2.19. The Hall–Kier alpha value is -0.120. The van der Waals surface area contributed by atoms with Gasteiger partial charge in [0, 0.05) is 0 Å². The molecule has 0 aliphatic carbocycles. The van der Waals surface area contributed by atoms with Gasteiger partial charge in [-0.3, -0.25) is 0 Å². The van der Waals surface area contributed by atoms with Crippen LogP contribution in [0.25, 0.3) is 0 Å². The highest BCUT2D eigenvalue weighted by molar-refractivity contribution is 4.70. The summed E-state index contributed by atoms with van der Waals surface area (Å²) in [5, 5.41) is 18.0. The van der Waals surface area contributed by atoms with Gasteiger partial charge in [-0.2, -0.15) is 0 Å². The molecule has 0 bridgehead atoms. The Labute approximate surface area is 60.6 Å². The van der Waals surface area contributed by atoms with Gasteiger partial charge in [0.1, 0.15) is 6.10 Å². The van der Waals surface area contributed by atoms with Crippen LogP contribution in [0.15, 0.2) is 0 Å². The molecule has 3 nitrogen and oxygen atoms in total. The van der Waals surface area contributed by atoms with Gasteiger partial charge < -0.3 is 14.9 Å². The average molecular weight is 146 g/mol. The fourth-order valence-electron chi connectivity index (χ4n) is 1.16. The summed E-state index contributed by atoms with van der Waals surface area (Å²) in [6.07, 6.45) is 0.915. The first-order valence-corrected chi connectivity index (χ1v) is 3.75. The van der Waals surface area contributed by atoms with Gasteiger partial charge in [-0.05, 0) is 19.3 Å². The van der Waals surface area contributed by atoms with E-state index in [-0.39, 0.29) is 6.10 Å². The quantitative estimate of drug-likeness (QED) is 0.557. The maximum absolute atomic E-state index is 9.02. The van der Waals surface area contributed by atoms with Gasteiger partial charge in [-0.1, -0.05) is 6.92 Å². The first-order valence-electron chi connectivity index (χ1n) is 3.75. The normalized spacial score (nSPS) is 41.7. The van der Waals surface area contributed by atoms with E-state index in [1.165, 1.54) is 0 Å². The number of ether oxygens (including phenoxy) is 1. The van der Waals surface area contributed by atoms with Gasteiger partial charge >= 0.3 is 0 Å². The van der Waals surface area contributed by atoms with Gasteiger partial charge in [0.15, 0.2) is 6.29 Å². The molecule has 0 aromatic carbocycles. The topological polar surface area (TPSA) is 49.7 Å². The van der Waals surface area contributed by atoms with Crippen molar-refractivity contribution in [1.29, 1.82) is 0 Å². The largest absolute Gasteiger partial charge is 0.388 e. The third kappa shape index (κ3) is 1.68. The Bertz CT molecular complexity index is 105. The lowest BCUT2D eigenvalue weighted by Gasteiger charge is -2.29. The van der Waals surface area contributed by atoms with Crippen molar-refractivity contribution in [3.8, 4) is 0 Å². The van der Waals surface area contributed by atoms with E-state index in [2.05, 4.69) is 0 Å². The summed E-state index contributed by atoms with van der Waals surface area (Å²) in [6, 6.07) is 0. The minimum Gasteiger partial charge on any atom is -0.388 e. The predicted octanol–water partition coefficient (Wildman–Crippen LogP) is 0.255. The van der Waals surface area contributed by atoms with Crippen molar-refractivity contribution in [3.63, 3.8) is 0 Å². The average Bonchev–Trinajstić information content (AvgIpc) is 1.95. The van der Waals surface area contributed by atoms with Crippen LogP contribution in [0, 0.1) is 0 Å². The fourth-order valence-corrected chi connectivity index (χ4v) is 1.16. The van der Waals surface area contributed by atoms with E-state index >= 15 is 0 Å². The summed E-state index contributed by atoms with van der Waals surface area (Å²) in [5.41, 5.74) is 0. The van der Waals surface area contributed by atoms with Gasteiger partial charge in [0.2, 0.25) is 0 Å². The van der Waals surface area contributed by atoms with Crippen LogP contribution in [-0.4, -0.2) is 28.7 Å². The SMILES string of the molecule is CC[C@@H]1CC[C@@H](O)C(O)O1. The molecule has 2 N–H and O–H groups in total. The maximum Gasteiger partial charge on any atom is 0.181 e. The minimum atomic E-state index is -0.960. The molecule has 1 unspecified atom stereocenters. The van der Waals surface area contributed by atoms with Crippen LogP contribution in [0.4, 0.5) is 0 Å². The van der Waals surface area contributed by atoms with E-state index in [0.29, 0.717) is 6.42 Å². The molecule has 1 fully saturated rings. The second-order valence-corrected chi connectivity index (χ2v) is 2.70. The lowest BCUT2D eigenvalue weighted by atomic mass is 10.0. The highest BCUT2D eigenvalue weighted by atomic mass is 16.6. The molecule has 10 heavy (non-hydrogen) atoms. The third-order valence-corrected chi connectivity index (χ3v) is 1.90. The summed E-state index contributed by atoms with van der Waals surface area (Å²) < 4.78 is 5.05. The van der Waals surface area contributed by atoms with Gasteiger partial charge in [-0.15, -0.1) is 0 Å².